The van der Waals surface area contributed by atoms with Crippen molar-refractivity contribution in [2.75, 3.05) is 26.7 Å². The smallest absolute Gasteiger partial charge is 0.220 e. The first-order chi connectivity index (χ1) is 8.08. The normalized spacial score (nSPS) is 20.4. The molecule has 4 nitrogen and oxygen atoms in total. The number of nitrogens with one attached hydrogen (secondary N) is 1. The van der Waals surface area contributed by atoms with Crippen molar-refractivity contribution in [3.05, 3.63) is 12.3 Å². The molecule has 98 valence electrons. The van der Waals surface area contributed by atoms with Crippen LogP contribution in [0.3, 0.4) is 0 Å². The van der Waals surface area contributed by atoms with E-state index in [1.807, 2.05) is 0 Å². The summed E-state index contributed by atoms with van der Waals surface area (Å²) in [5.74, 6) is 0.974. The first-order valence-electron chi connectivity index (χ1n) is 6.40. The fourth-order valence-electron chi connectivity index (χ4n) is 2.22. The molecule has 0 bridgehead atoms. The van der Waals surface area contributed by atoms with Crippen molar-refractivity contribution in [3.63, 3.8) is 0 Å². The van der Waals surface area contributed by atoms with Crippen molar-refractivity contribution >= 4 is 5.91 Å². The summed E-state index contributed by atoms with van der Waals surface area (Å²) in [5, 5.41) is 11.8. The van der Waals surface area contributed by atoms with Crippen LogP contribution in [-0.2, 0) is 4.79 Å². The average molecular weight is 240 g/mol. The highest BCUT2D eigenvalue weighted by Gasteiger charge is 2.18. The molecule has 1 fully saturated rings. The second-order valence-corrected chi connectivity index (χ2v) is 4.98. The number of nitrogens with zero attached hydrogens (tertiary/aromatic N) is 1. The summed E-state index contributed by atoms with van der Waals surface area (Å²) in [6, 6.07) is 0. The van der Waals surface area contributed by atoms with Crippen molar-refractivity contribution in [2.24, 2.45) is 5.92 Å². The second-order valence-electron chi connectivity index (χ2n) is 4.98. The van der Waals surface area contributed by atoms with Crippen LogP contribution in [0.25, 0.3) is 0 Å². The molecule has 0 radical (unpaired) electrons. The van der Waals surface area contributed by atoms with Gasteiger partial charge in [0.05, 0.1) is 5.76 Å². The Bertz CT molecular complexity index is 266. The first kappa shape index (κ1) is 14.0. The van der Waals surface area contributed by atoms with E-state index in [2.05, 4.69) is 23.8 Å². The van der Waals surface area contributed by atoms with Crippen molar-refractivity contribution < 1.29 is 9.90 Å². The lowest BCUT2D eigenvalue weighted by molar-refractivity contribution is -0.121. The molecule has 0 spiro atoms. The highest BCUT2D eigenvalue weighted by Crippen LogP contribution is 2.16. The predicted octanol–water partition coefficient (Wildman–Crippen LogP) is 1.69. The van der Waals surface area contributed by atoms with Gasteiger partial charge in [0.25, 0.3) is 0 Å². The summed E-state index contributed by atoms with van der Waals surface area (Å²) in [4.78, 5) is 13.8. The van der Waals surface area contributed by atoms with Gasteiger partial charge < -0.3 is 15.3 Å². The van der Waals surface area contributed by atoms with Crippen LogP contribution < -0.4 is 5.32 Å². The van der Waals surface area contributed by atoms with Crippen LogP contribution in [-0.4, -0.2) is 42.6 Å². The number of amides is 1. The molecule has 2 N–H and O–H groups in total. The zero-order valence-corrected chi connectivity index (χ0v) is 10.7. The molecular weight excluding hydrogens is 216 g/mol. The van der Waals surface area contributed by atoms with E-state index in [1.54, 1.807) is 0 Å². The molecule has 1 amide bonds. The van der Waals surface area contributed by atoms with Gasteiger partial charge in [0.15, 0.2) is 0 Å². The van der Waals surface area contributed by atoms with Crippen LogP contribution in [0, 0.1) is 5.92 Å². The molecular formula is C13H24N2O2. The molecule has 1 unspecified atom stereocenters. The fourth-order valence-corrected chi connectivity index (χ4v) is 2.22. The topological polar surface area (TPSA) is 52.6 Å². The maximum atomic E-state index is 11.4. The average Bonchev–Trinajstić information content (AvgIpc) is 2.63. The zero-order chi connectivity index (χ0) is 12.7. The number of carbonyl (C=O) groups excluding carboxylic acids is 1. The minimum atomic E-state index is 0.0811. The molecule has 0 aromatic rings. The monoisotopic (exact) mass is 240 g/mol. The molecule has 0 aromatic heterocycles. The standard InChI is InChI=1S/C13H24N2O2/c1-11(16)4-3-5-13(17)14-8-6-12-7-9-15(2)10-12/h12,16H,1,3-10H2,2H3,(H,14,17). The van der Waals surface area contributed by atoms with E-state index in [4.69, 9.17) is 5.11 Å². The van der Waals surface area contributed by atoms with E-state index in [0.717, 1.165) is 25.4 Å². The predicted molar refractivity (Wildman–Crippen MR) is 68.9 cm³/mol. The van der Waals surface area contributed by atoms with Crippen LogP contribution in [0.4, 0.5) is 0 Å². The fraction of sp³-hybridized carbons (Fsp3) is 0.769. The number of aliphatic hydroxyl groups is 1. The van der Waals surface area contributed by atoms with Crippen molar-refractivity contribution in [1.82, 2.24) is 10.2 Å². The van der Waals surface area contributed by atoms with Gasteiger partial charge in [-0.05, 0) is 38.8 Å². The summed E-state index contributed by atoms with van der Waals surface area (Å²) in [6.45, 7) is 6.50. The Hall–Kier alpha value is -1.03. The van der Waals surface area contributed by atoms with E-state index in [1.165, 1.54) is 13.0 Å². The summed E-state index contributed by atoms with van der Waals surface area (Å²) in [7, 11) is 2.14. The summed E-state index contributed by atoms with van der Waals surface area (Å²) >= 11 is 0. The zero-order valence-electron chi connectivity index (χ0n) is 10.7. The third kappa shape index (κ3) is 6.31. The van der Waals surface area contributed by atoms with Gasteiger partial charge in [-0.15, -0.1) is 0 Å². The Kier molecular flexibility index (Phi) is 6.05. The lowest BCUT2D eigenvalue weighted by Crippen LogP contribution is -2.26. The number of rotatable bonds is 7. The Labute approximate surface area is 104 Å². The van der Waals surface area contributed by atoms with Gasteiger partial charge in [0.2, 0.25) is 5.91 Å². The molecule has 1 saturated heterocycles. The molecule has 4 heteroatoms. The third-order valence-corrected chi connectivity index (χ3v) is 3.23. The first-order valence-corrected chi connectivity index (χ1v) is 6.40. The number of hydrogen-bond acceptors (Lipinski definition) is 3. The molecule has 1 atom stereocenters. The molecule has 1 rings (SSSR count). The molecule has 0 aliphatic carbocycles. The number of likely N-dealkylation sites (tertiary alicyclic amines) is 1. The quantitative estimate of drug-likeness (QED) is 0.666. The maximum absolute atomic E-state index is 11.4. The van der Waals surface area contributed by atoms with Crippen molar-refractivity contribution in [3.8, 4) is 0 Å². The number of hydrogen-bond donors (Lipinski definition) is 2. The van der Waals surface area contributed by atoms with Gasteiger partial charge in [-0.25, -0.2) is 0 Å². The van der Waals surface area contributed by atoms with Crippen LogP contribution in [0.15, 0.2) is 12.3 Å². The lowest BCUT2D eigenvalue weighted by Gasteiger charge is -2.11. The highest BCUT2D eigenvalue weighted by molar-refractivity contribution is 5.75. The van der Waals surface area contributed by atoms with Crippen LogP contribution in [0.5, 0.6) is 0 Å². The summed E-state index contributed by atoms with van der Waals surface area (Å²) in [5.41, 5.74) is 0. The lowest BCUT2D eigenvalue weighted by atomic mass is 10.1. The van der Waals surface area contributed by atoms with E-state index in [9.17, 15) is 4.79 Å². The molecule has 1 aliphatic rings. The third-order valence-electron chi connectivity index (χ3n) is 3.23. The van der Waals surface area contributed by atoms with E-state index in [-0.39, 0.29) is 11.7 Å². The Balaban J connectivity index is 1.98. The van der Waals surface area contributed by atoms with Gasteiger partial charge in [-0.2, -0.15) is 0 Å². The van der Waals surface area contributed by atoms with E-state index in [0.29, 0.717) is 19.3 Å². The summed E-state index contributed by atoms with van der Waals surface area (Å²) < 4.78 is 0. The van der Waals surface area contributed by atoms with Crippen LogP contribution >= 0.6 is 0 Å². The van der Waals surface area contributed by atoms with E-state index >= 15 is 0 Å². The molecule has 0 saturated carbocycles. The molecule has 1 aliphatic heterocycles. The van der Waals surface area contributed by atoms with Gasteiger partial charge in [-0.1, -0.05) is 6.58 Å². The largest absolute Gasteiger partial charge is 0.513 e. The number of carbonyl (C=O) groups is 1. The maximum Gasteiger partial charge on any atom is 0.220 e. The number of aliphatic hydroxyl groups excluding tert-OH is 1. The number of allylic oxidation sites excluding steroid dienone is 1. The van der Waals surface area contributed by atoms with E-state index < -0.39 is 0 Å². The van der Waals surface area contributed by atoms with Gasteiger partial charge in [0, 0.05) is 25.9 Å². The van der Waals surface area contributed by atoms with Crippen molar-refractivity contribution in [1.29, 1.82) is 0 Å². The van der Waals surface area contributed by atoms with Gasteiger partial charge >= 0.3 is 0 Å². The minimum Gasteiger partial charge on any atom is -0.513 e. The summed E-state index contributed by atoms with van der Waals surface area (Å²) in [6.07, 6.45) is 3.98. The van der Waals surface area contributed by atoms with Crippen LogP contribution in [0.2, 0.25) is 0 Å². The van der Waals surface area contributed by atoms with Gasteiger partial charge in [-0.3, -0.25) is 4.79 Å². The molecule has 17 heavy (non-hydrogen) atoms. The molecule has 1 heterocycles. The van der Waals surface area contributed by atoms with Gasteiger partial charge in [0.1, 0.15) is 0 Å². The van der Waals surface area contributed by atoms with Crippen LogP contribution in [0.1, 0.15) is 32.1 Å². The Morgan fingerprint density at radius 3 is 2.88 bits per heavy atom. The SMILES string of the molecule is C=C(O)CCCC(=O)NCCC1CCN(C)C1. The van der Waals surface area contributed by atoms with Crippen molar-refractivity contribution in [2.45, 2.75) is 32.1 Å². The minimum absolute atomic E-state index is 0.0811. The second kappa shape index (κ2) is 7.33. The molecule has 0 aromatic carbocycles. The Morgan fingerprint density at radius 1 is 1.53 bits per heavy atom. The Morgan fingerprint density at radius 2 is 2.29 bits per heavy atom. The highest BCUT2D eigenvalue weighted by atomic mass is 16.3.